The Balaban J connectivity index is 1.93. The lowest BCUT2D eigenvalue weighted by Gasteiger charge is -2.07. The van der Waals surface area contributed by atoms with Crippen molar-refractivity contribution in [1.29, 1.82) is 0 Å². The van der Waals surface area contributed by atoms with Gasteiger partial charge in [0, 0.05) is 6.04 Å². The topological polar surface area (TPSA) is 35.2 Å². The average Bonchev–Trinajstić information content (AvgIpc) is 3.07. The van der Waals surface area contributed by atoms with Crippen LogP contribution in [0, 0.1) is 5.92 Å². The molecule has 0 saturated heterocycles. The molecule has 1 aliphatic carbocycles. The first-order valence-corrected chi connectivity index (χ1v) is 6.20. The minimum Gasteiger partial charge on any atom is -0.494 e. The van der Waals surface area contributed by atoms with E-state index in [1.807, 2.05) is 0 Å². The Morgan fingerprint density at radius 1 is 1.38 bits per heavy atom. The zero-order chi connectivity index (χ0) is 11.5. The van der Waals surface area contributed by atoms with E-state index in [4.69, 9.17) is 10.5 Å². The highest BCUT2D eigenvalue weighted by atomic mass is 16.5. The van der Waals surface area contributed by atoms with Gasteiger partial charge in [-0.3, -0.25) is 0 Å². The first-order valence-electron chi connectivity index (χ1n) is 6.20. The van der Waals surface area contributed by atoms with E-state index >= 15 is 0 Å². The van der Waals surface area contributed by atoms with Crippen LogP contribution < -0.4 is 10.5 Å². The second kappa shape index (κ2) is 4.88. The van der Waals surface area contributed by atoms with Crippen LogP contribution >= 0.6 is 0 Å². The fourth-order valence-corrected chi connectivity index (χ4v) is 2.21. The van der Waals surface area contributed by atoms with Gasteiger partial charge in [0.1, 0.15) is 5.75 Å². The molecule has 0 spiro atoms. The van der Waals surface area contributed by atoms with Gasteiger partial charge < -0.3 is 10.5 Å². The molecule has 0 radical (unpaired) electrons. The highest BCUT2D eigenvalue weighted by Crippen LogP contribution is 2.49. The Bertz CT molecular complexity index is 331. The van der Waals surface area contributed by atoms with Gasteiger partial charge in [-0.15, -0.1) is 0 Å². The molecular formula is C14H21NO. The SMILES string of the molecule is CCCOc1ccc(C2CC2C(C)N)cc1. The Kier molecular flexibility index (Phi) is 3.49. The third-order valence-corrected chi connectivity index (χ3v) is 3.30. The van der Waals surface area contributed by atoms with Crippen LogP contribution in [0.5, 0.6) is 5.75 Å². The smallest absolute Gasteiger partial charge is 0.119 e. The van der Waals surface area contributed by atoms with Crippen LogP contribution in [-0.4, -0.2) is 12.6 Å². The molecule has 1 aromatic rings. The van der Waals surface area contributed by atoms with Crippen molar-refractivity contribution in [3.05, 3.63) is 29.8 Å². The molecule has 2 nitrogen and oxygen atoms in total. The Morgan fingerprint density at radius 2 is 2.06 bits per heavy atom. The van der Waals surface area contributed by atoms with Crippen molar-refractivity contribution in [1.82, 2.24) is 0 Å². The second-order valence-corrected chi connectivity index (χ2v) is 4.78. The first-order chi connectivity index (χ1) is 7.72. The first kappa shape index (κ1) is 11.5. The van der Waals surface area contributed by atoms with Gasteiger partial charge in [0.25, 0.3) is 0 Å². The number of ether oxygens (including phenoxy) is 1. The Hall–Kier alpha value is -1.02. The molecule has 88 valence electrons. The average molecular weight is 219 g/mol. The fourth-order valence-electron chi connectivity index (χ4n) is 2.21. The predicted octanol–water partition coefficient (Wildman–Crippen LogP) is 2.93. The van der Waals surface area contributed by atoms with Crippen LogP contribution in [0.2, 0.25) is 0 Å². The summed E-state index contributed by atoms with van der Waals surface area (Å²) in [4.78, 5) is 0. The Labute approximate surface area is 97.8 Å². The maximum Gasteiger partial charge on any atom is 0.119 e. The summed E-state index contributed by atoms with van der Waals surface area (Å²) in [5.41, 5.74) is 7.30. The summed E-state index contributed by atoms with van der Waals surface area (Å²) in [6, 6.07) is 8.82. The van der Waals surface area contributed by atoms with E-state index in [9.17, 15) is 0 Å². The van der Waals surface area contributed by atoms with E-state index in [0.717, 1.165) is 18.8 Å². The summed E-state index contributed by atoms with van der Waals surface area (Å²) in [5.74, 6) is 2.34. The minimum atomic E-state index is 0.320. The van der Waals surface area contributed by atoms with Gasteiger partial charge in [0.2, 0.25) is 0 Å². The van der Waals surface area contributed by atoms with Crippen molar-refractivity contribution < 1.29 is 4.74 Å². The number of benzene rings is 1. The molecule has 1 aromatic carbocycles. The zero-order valence-electron chi connectivity index (χ0n) is 10.1. The molecule has 2 rings (SSSR count). The molecular weight excluding hydrogens is 198 g/mol. The normalized spacial score (nSPS) is 25.2. The molecule has 0 amide bonds. The van der Waals surface area contributed by atoms with Gasteiger partial charge >= 0.3 is 0 Å². The summed E-state index contributed by atoms with van der Waals surface area (Å²) < 4.78 is 5.56. The van der Waals surface area contributed by atoms with E-state index in [2.05, 4.69) is 38.1 Å². The third-order valence-electron chi connectivity index (χ3n) is 3.30. The fraction of sp³-hybridized carbons (Fsp3) is 0.571. The van der Waals surface area contributed by atoms with Crippen LogP contribution in [0.25, 0.3) is 0 Å². The zero-order valence-corrected chi connectivity index (χ0v) is 10.1. The maximum atomic E-state index is 5.90. The van der Waals surface area contributed by atoms with E-state index < -0.39 is 0 Å². The molecule has 0 bridgehead atoms. The summed E-state index contributed by atoms with van der Waals surface area (Å²) in [5, 5.41) is 0. The lowest BCUT2D eigenvalue weighted by atomic mass is 10.1. The number of nitrogens with two attached hydrogens (primary N) is 1. The molecule has 2 N–H and O–H groups in total. The number of hydrogen-bond acceptors (Lipinski definition) is 2. The summed E-state index contributed by atoms with van der Waals surface area (Å²) in [6.45, 7) is 5.01. The quantitative estimate of drug-likeness (QED) is 0.826. The van der Waals surface area contributed by atoms with Gasteiger partial charge in [-0.2, -0.15) is 0 Å². The van der Waals surface area contributed by atoms with Crippen LogP contribution in [0.4, 0.5) is 0 Å². The highest BCUT2D eigenvalue weighted by Gasteiger charge is 2.40. The van der Waals surface area contributed by atoms with Crippen LogP contribution in [0.1, 0.15) is 38.2 Å². The van der Waals surface area contributed by atoms with Crippen molar-refractivity contribution in [3.8, 4) is 5.75 Å². The monoisotopic (exact) mass is 219 g/mol. The van der Waals surface area contributed by atoms with Gasteiger partial charge in [0.15, 0.2) is 0 Å². The minimum absolute atomic E-state index is 0.320. The molecule has 16 heavy (non-hydrogen) atoms. The maximum absolute atomic E-state index is 5.90. The standard InChI is InChI=1S/C14H21NO/c1-3-8-16-12-6-4-11(5-7-12)14-9-13(14)10(2)15/h4-7,10,13-14H,3,8-9,15H2,1-2H3. The van der Waals surface area contributed by atoms with E-state index in [1.54, 1.807) is 0 Å². The molecule has 1 saturated carbocycles. The molecule has 0 aromatic heterocycles. The molecule has 1 fully saturated rings. The van der Waals surface area contributed by atoms with Crippen molar-refractivity contribution in [2.45, 2.75) is 38.6 Å². The predicted molar refractivity (Wildman–Crippen MR) is 66.7 cm³/mol. The number of hydrogen-bond donors (Lipinski definition) is 1. The van der Waals surface area contributed by atoms with E-state index in [1.165, 1.54) is 12.0 Å². The van der Waals surface area contributed by atoms with Gasteiger partial charge in [0.05, 0.1) is 6.61 Å². The number of rotatable bonds is 5. The molecule has 2 heteroatoms. The van der Waals surface area contributed by atoms with Crippen LogP contribution in [0.3, 0.4) is 0 Å². The molecule has 3 unspecified atom stereocenters. The second-order valence-electron chi connectivity index (χ2n) is 4.78. The molecule has 1 aliphatic rings. The lowest BCUT2D eigenvalue weighted by molar-refractivity contribution is 0.317. The molecule has 3 atom stereocenters. The summed E-state index contributed by atoms with van der Waals surface area (Å²) in [6.07, 6.45) is 2.30. The van der Waals surface area contributed by atoms with Crippen molar-refractivity contribution in [3.63, 3.8) is 0 Å². The van der Waals surface area contributed by atoms with Gasteiger partial charge in [-0.05, 0) is 49.3 Å². The Morgan fingerprint density at radius 3 is 2.56 bits per heavy atom. The van der Waals surface area contributed by atoms with Crippen LogP contribution in [-0.2, 0) is 0 Å². The van der Waals surface area contributed by atoms with E-state index in [-0.39, 0.29) is 0 Å². The van der Waals surface area contributed by atoms with Crippen molar-refractivity contribution in [2.75, 3.05) is 6.61 Å². The van der Waals surface area contributed by atoms with Gasteiger partial charge in [-0.1, -0.05) is 19.1 Å². The third kappa shape index (κ3) is 2.56. The lowest BCUT2D eigenvalue weighted by Crippen LogP contribution is -2.17. The van der Waals surface area contributed by atoms with Crippen molar-refractivity contribution >= 4 is 0 Å². The highest BCUT2D eigenvalue weighted by molar-refractivity contribution is 5.33. The largest absolute Gasteiger partial charge is 0.494 e. The van der Waals surface area contributed by atoms with Crippen molar-refractivity contribution in [2.24, 2.45) is 11.7 Å². The summed E-state index contributed by atoms with van der Waals surface area (Å²) in [7, 11) is 0. The molecule has 0 aliphatic heterocycles. The van der Waals surface area contributed by atoms with Gasteiger partial charge in [-0.25, -0.2) is 0 Å². The summed E-state index contributed by atoms with van der Waals surface area (Å²) >= 11 is 0. The van der Waals surface area contributed by atoms with Crippen LogP contribution in [0.15, 0.2) is 24.3 Å². The molecule has 0 heterocycles. The van der Waals surface area contributed by atoms with E-state index in [0.29, 0.717) is 17.9 Å².